The number of anilines is 1. The first-order valence-corrected chi connectivity index (χ1v) is 10.9. The minimum absolute atomic E-state index is 0.227. The zero-order valence-corrected chi connectivity index (χ0v) is 19.0. The van der Waals surface area contributed by atoms with Gasteiger partial charge in [0, 0.05) is 34.5 Å². The lowest BCUT2D eigenvalue weighted by molar-refractivity contribution is 0.251. The molecule has 0 saturated carbocycles. The van der Waals surface area contributed by atoms with Crippen molar-refractivity contribution in [2.24, 2.45) is 0 Å². The number of nitrogens with zero attached hydrogens (tertiary/aromatic N) is 3. The summed E-state index contributed by atoms with van der Waals surface area (Å²) >= 11 is 5.91. The third kappa shape index (κ3) is 5.12. The number of carbonyl (C=O) groups excluding carboxylic acids is 1. The number of hydrogen-bond acceptors (Lipinski definition) is 4. The average Bonchev–Trinajstić information content (AvgIpc) is 3.23. The Hall–Kier alpha value is -3.91. The topological polar surface area (TPSA) is 105 Å². The molecular formula is C24H23ClN6O2. The van der Waals surface area contributed by atoms with Gasteiger partial charge in [-0.15, -0.1) is 0 Å². The van der Waals surface area contributed by atoms with Gasteiger partial charge in [-0.05, 0) is 31.0 Å². The van der Waals surface area contributed by atoms with E-state index in [9.17, 15) is 9.59 Å². The largest absolute Gasteiger partial charge is 0.334 e. The van der Waals surface area contributed by atoms with Crippen molar-refractivity contribution in [3.05, 3.63) is 92.9 Å². The molecule has 0 aliphatic heterocycles. The van der Waals surface area contributed by atoms with E-state index < -0.39 is 6.03 Å². The SMILES string of the molecule is CCc1c(C)nc(-n2nc(-c3ccccc3)cc2NC(=O)NCc2ccc(Cl)cc2)[nH]c1=O. The van der Waals surface area contributed by atoms with Crippen LogP contribution in [0.4, 0.5) is 10.6 Å². The molecule has 4 rings (SSSR count). The zero-order chi connectivity index (χ0) is 23.4. The number of amides is 2. The maximum Gasteiger partial charge on any atom is 0.320 e. The molecule has 168 valence electrons. The van der Waals surface area contributed by atoms with E-state index in [2.05, 4.69) is 25.7 Å². The number of benzene rings is 2. The van der Waals surface area contributed by atoms with Crippen molar-refractivity contribution in [1.82, 2.24) is 25.1 Å². The van der Waals surface area contributed by atoms with E-state index in [1.165, 1.54) is 4.68 Å². The molecule has 0 spiro atoms. The molecule has 0 unspecified atom stereocenters. The molecule has 0 saturated heterocycles. The van der Waals surface area contributed by atoms with Crippen molar-refractivity contribution < 1.29 is 4.79 Å². The highest BCUT2D eigenvalue weighted by molar-refractivity contribution is 6.30. The maximum absolute atomic E-state index is 12.6. The normalized spacial score (nSPS) is 10.8. The van der Waals surface area contributed by atoms with Crippen LogP contribution in [-0.2, 0) is 13.0 Å². The van der Waals surface area contributed by atoms with Gasteiger partial charge in [-0.2, -0.15) is 9.78 Å². The predicted molar refractivity (Wildman–Crippen MR) is 129 cm³/mol. The van der Waals surface area contributed by atoms with Gasteiger partial charge in [0.2, 0.25) is 5.95 Å². The molecule has 3 N–H and O–H groups in total. The van der Waals surface area contributed by atoms with E-state index in [0.29, 0.717) is 40.8 Å². The Morgan fingerprint density at radius 2 is 1.85 bits per heavy atom. The number of rotatable bonds is 6. The second-order valence-electron chi connectivity index (χ2n) is 7.43. The van der Waals surface area contributed by atoms with Crippen LogP contribution in [0.2, 0.25) is 5.02 Å². The van der Waals surface area contributed by atoms with Crippen LogP contribution in [0.15, 0.2) is 65.5 Å². The average molecular weight is 463 g/mol. The Morgan fingerprint density at radius 3 is 2.52 bits per heavy atom. The van der Waals surface area contributed by atoms with Crippen LogP contribution in [0.25, 0.3) is 17.2 Å². The Kier molecular flexibility index (Phi) is 6.55. The molecule has 0 aliphatic carbocycles. The first-order chi connectivity index (χ1) is 15.9. The lowest BCUT2D eigenvalue weighted by atomic mass is 10.2. The third-order valence-electron chi connectivity index (χ3n) is 5.15. The van der Waals surface area contributed by atoms with Crippen LogP contribution < -0.4 is 16.2 Å². The molecule has 2 heterocycles. The van der Waals surface area contributed by atoms with Crippen molar-refractivity contribution in [3.8, 4) is 17.2 Å². The molecule has 2 aromatic carbocycles. The third-order valence-corrected chi connectivity index (χ3v) is 5.40. The number of aromatic amines is 1. The van der Waals surface area contributed by atoms with Gasteiger partial charge in [-0.1, -0.05) is 61.0 Å². The number of hydrogen-bond donors (Lipinski definition) is 3. The van der Waals surface area contributed by atoms with E-state index in [-0.39, 0.29) is 11.5 Å². The Labute approximate surface area is 195 Å². The standard InChI is InChI=1S/C24H23ClN6O2/c1-3-19-15(2)27-23(29-22(19)32)31-21(13-20(30-31)17-7-5-4-6-8-17)28-24(33)26-14-16-9-11-18(25)12-10-16/h4-13H,3,14H2,1-2H3,(H2,26,28,33)(H,27,29,32). The number of aryl methyl sites for hydroxylation is 1. The van der Waals surface area contributed by atoms with Crippen LogP contribution in [0.3, 0.4) is 0 Å². The first kappa shape index (κ1) is 22.3. The molecule has 0 radical (unpaired) electrons. The van der Waals surface area contributed by atoms with Crippen molar-refractivity contribution in [1.29, 1.82) is 0 Å². The summed E-state index contributed by atoms with van der Waals surface area (Å²) in [7, 11) is 0. The Balaban J connectivity index is 1.64. The highest BCUT2D eigenvalue weighted by atomic mass is 35.5. The Bertz CT molecular complexity index is 1330. The van der Waals surface area contributed by atoms with Gasteiger partial charge in [-0.25, -0.2) is 9.78 Å². The van der Waals surface area contributed by atoms with Gasteiger partial charge in [0.25, 0.3) is 5.56 Å². The van der Waals surface area contributed by atoms with Crippen LogP contribution in [-0.4, -0.2) is 25.8 Å². The minimum atomic E-state index is -0.421. The van der Waals surface area contributed by atoms with Crippen LogP contribution in [0.1, 0.15) is 23.7 Å². The van der Waals surface area contributed by atoms with E-state index in [4.69, 9.17) is 11.6 Å². The number of halogens is 1. The molecule has 0 bridgehead atoms. The predicted octanol–water partition coefficient (Wildman–Crippen LogP) is 4.47. The number of urea groups is 1. The molecule has 2 aromatic heterocycles. The highest BCUT2D eigenvalue weighted by Gasteiger charge is 2.17. The lowest BCUT2D eigenvalue weighted by Gasteiger charge is -2.11. The zero-order valence-electron chi connectivity index (χ0n) is 18.2. The molecule has 4 aromatic rings. The summed E-state index contributed by atoms with van der Waals surface area (Å²) in [5.41, 5.74) is 3.41. The summed E-state index contributed by atoms with van der Waals surface area (Å²) in [4.78, 5) is 32.4. The molecule has 0 aliphatic rings. The van der Waals surface area contributed by atoms with Crippen molar-refractivity contribution >= 4 is 23.4 Å². The smallest absolute Gasteiger partial charge is 0.320 e. The van der Waals surface area contributed by atoms with Crippen molar-refractivity contribution in [3.63, 3.8) is 0 Å². The van der Waals surface area contributed by atoms with E-state index in [1.54, 1.807) is 25.1 Å². The van der Waals surface area contributed by atoms with E-state index in [0.717, 1.165) is 11.1 Å². The van der Waals surface area contributed by atoms with Crippen LogP contribution in [0.5, 0.6) is 0 Å². The number of carbonyl (C=O) groups is 1. The quantitative estimate of drug-likeness (QED) is 0.393. The fraction of sp³-hybridized carbons (Fsp3) is 0.167. The summed E-state index contributed by atoms with van der Waals surface area (Å²) in [6, 6.07) is 18.1. The van der Waals surface area contributed by atoms with E-state index in [1.807, 2.05) is 49.4 Å². The van der Waals surface area contributed by atoms with Gasteiger partial charge >= 0.3 is 6.03 Å². The fourth-order valence-corrected chi connectivity index (χ4v) is 3.56. The Morgan fingerprint density at radius 1 is 1.12 bits per heavy atom. The maximum atomic E-state index is 12.6. The monoisotopic (exact) mass is 462 g/mol. The minimum Gasteiger partial charge on any atom is -0.334 e. The molecule has 2 amide bonds. The van der Waals surface area contributed by atoms with E-state index >= 15 is 0 Å². The second-order valence-corrected chi connectivity index (χ2v) is 7.87. The van der Waals surface area contributed by atoms with Gasteiger partial charge in [0.15, 0.2) is 0 Å². The molecular weight excluding hydrogens is 440 g/mol. The summed E-state index contributed by atoms with van der Waals surface area (Å²) in [5, 5.41) is 10.8. The molecule has 8 nitrogen and oxygen atoms in total. The van der Waals surface area contributed by atoms with Gasteiger partial charge in [0.05, 0.1) is 5.69 Å². The number of nitrogens with one attached hydrogen (secondary N) is 3. The number of H-pyrrole nitrogens is 1. The first-order valence-electron chi connectivity index (χ1n) is 10.5. The number of aromatic nitrogens is 4. The highest BCUT2D eigenvalue weighted by Crippen LogP contribution is 2.23. The summed E-state index contributed by atoms with van der Waals surface area (Å²) < 4.78 is 1.43. The summed E-state index contributed by atoms with van der Waals surface area (Å²) in [6.45, 7) is 4.01. The molecule has 0 atom stereocenters. The lowest BCUT2D eigenvalue weighted by Crippen LogP contribution is -2.29. The fourth-order valence-electron chi connectivity index (χ4n) is 3.44. The second kappa shape index (κ2) is 9.70. The molecule has 0 fully saturated rings. The van der Waals surface area contributed by atoms with Gasteiger partial charge < -0.3 is 5.32 Å². The van der Waals surface area contributed by atoms with Crippen LogP contribution in [0, 0.1) is 6.92 Å². The summed E-state index contributed by atoms with van der Waals surface area (Å²) in [6.07, 6.45) is 0.570. The van der Waals surface area contributed by atoms with Crippen molar-refractivity contribution in [2.45, 2.75) is 26.8 Å². The van der Waals surface area contributed by atoms with Gasteiger partial charge in [-0.3, -0.25) is 15.1 Å². The van der Waals surface area contributed by atoms with Gasteiger partial charge in [0.1, 0.15) is 5.82 Å². The van der Waals surface area contributed by atoms with Crippen LogP contribution >= 0.6 is 11.6 Å². The van der Waals surface area contributed by atoms with Crippen molar-refractivity contribution in [2.75, 3.05) is 5.32 Å². The molecule has 9 heteroatoms. The molecule has 33 heavy (non-hydrogen) atoms. The summed E-state index contributed by atoms with van der Waals surface area (Å²) in [5.74, 6) is 0.596.